The third kappa shape index (κ3) is 2.33. The zero-order valence-corrected chi connectivity index (χ0v) is 10.5. The molecular formula is C12H12BrN3. The summed E-state index contributed by atoms with van der Waals surface area (Å²) in [4.78, 5) is 3.94. The number of aryl methyl sites for hydroxylation is 1. The monoisotopic (exact) mass is 277 g/mol. The Morgan fingerprint density at radius 3 is 2.81 bits per heavy atom. The highest BCUT2D eigenvalue weighted by molar-refractivity contribution is 9.10. The molecule has 0 amide bonds. The molecule has 0 aliphatic heterocycles. The molecule has 82 valence electrons. The quantitative estimate of drug-likeness (QED) is 0.884. The van der Waals surface area contributed by atoms with Gasteiger partial charge in [-0.3, -0.25) is 4.98 Å². The summed E-state index contributed by atoms with van der Waals surface area (Å²) >= 11 is 3.49. The Balaban J connectivity index is 2.28. The number of anilines is 3. The molecule has 3 nitrogen and oxygen atoms in total. The maximum absolute atomic E-state index is 5.80. The summed E-state index contributed by atoms with van der Waals surface area (Å²) in [6.45, 7) is 2.05. The summed E-state index contributed by atoms with van der Waals surface area (Å²) in [6.07, 6.45) is 3.34. The van der Waals surface area contributed by atoms with E-state index in [4.69, 9.17) is 5.73 Å². The van der Waals surface area contributed by atoms with Gasteiger partial charge in [-0.2, -0.15) is 0 Å². The number of rotatable bonds is 2. The molecule has 0 spiro atoms. The topological polar surface area (TPSA) is 50.9 Å². The number of nitrogens with zero attached hydrogens (tertiary/aromatic N) is 1. The van der Waals surface area contributed by atoms with Crippen LogP contribution >= 0.6 is 15.9 Å². The van der Waals surface area contributed by atoms with Gasteiger partial charge >= 0.3 is 0 Å². The molecule has 0 fully saturated rings. The number of hydrogen-bond acceptors (Lipinski definition) is 3. The Bertz CT molecular complexity index is 511. The Morgan fingerprint density at radius 2 is 2.12 bits per heavy atom. The lowest BCUT2D eigenvalue weighted by atomic mass is 10.2. The van der Waals surface area contributed by atoms with E-state index in [2.05, 4.69) is 33.2 Å². The zero-order valence-electron chi connectivity index (χ0n) is 8.87. The third-order valence-electron chi connectivity index (χ3n) is 2.30. The number of nitrogen functional groups attached to an aromatic ring is 1. The van der Waals surface area contributed by atoms with E-state index in [9.17, 15) is 0 Å². The van der Waals surface area contributed by atoms with Gasteiger partial charge in [-0.1, -0.05) is 22.0 Å². The van der Waals surface area contributed by atoms with Crippen molar-refractivity contribution in [2.75, 3.05) is 11.1 Å². The predicted octanol–water partition coefficient (Wildman–Crippen LogP) is 3.48. The molecule has 0 bridgehead atoms. The largest absolute Gasteiger partial charge is 0.396 e. The summed E-state index contributed by atoms with van der Waals surface area (Å²) in [6, 6.07) is 7.93. The van der Waals surface area contributed by atoms with E-state index in [1.54, 1.807) is 12.4 Å². The second kappa shape index (κ2) is 4.53. The van der Waals surface area contributed by atoms with Crippen molar-refractivity contribution in [2.45, 2.75) is 6.92 Å². The Labute approximate surface area is 103 Å². The first kappa shape index (κ1) is 11.0. The molecule has 0 unspecified atom stereocenters. The van der Waals surface area contributed by atoms with Crippen molar-refractivity contribution >= 4 is 33.0 Å². The van der Waals surface area contributed by atoms with Crippen LogP contribution in [-0.2, 0) is 0 Å². The third-order valence-corrected chi connectivity index (χ3v) is 3.16. The van der Waals surface area contributed by atoms with Gasteiger partial charge in [0, 0.05) is 16.4 Å². The Hall–Kier alpha value is -1.55. The van der Waals surface area contributed by atoms with Crippen molar-refractivity contribution in [2.24, 2.45) is 0 Å². The lowest BCUT2D eigenvalue weighted by Gasteiger charge is -2.09. The van der Waals surface area contributed by atoms with E-state index in [0.717, 1.165) is 15.8 Å². The van der Waals surface area contributed by atoms with Crippen LogP contribution in [-0.4, -0.2) is 4.98 Å². The molecule has 0 radical (unpaired) electrons. The maximum Gasteiger partial charge on any atom is 0.0739 e. The molecular weight excluding hydrogens is 266 g/mol. The van der Waals surface area contributed by atoms with E-state index in [0.29, 0.717) is 5.69 Å². The SMILES string of the molecule is Cc1ccc(Nc2ccncc2N)cc1Br. The van der Waals surface area contributed by atoms with Crippen molar-refractivity contribution in [3.8, 4) is 0 Å². The lowest BCUT2D eigenvalue weighted by molar-refractivity contribution is 1.33. The fourth-order valence-corrected chi connectivity index (χ4v) is 1.73. The van der Waals surface area contributed by atoms with Crippen molar-refractivity contribution in [3.63, 3.8) is 0 Å². The molecule has 1 aromatic carbocycles. The molecule has 2 rings (SSSR count). The maximum atomic E-state index is 5.80. The summed E-state index contributed by atoms with van der Waals surface area (Å²) in [5.41, 5.74) is 9.50. The molecule has 1 aromatic heterocycles. The van der Waals surface area contributed by atoms with Crippen LogP contribution in [0, 0.1) is 6.92 Å². The van der Waals surface area contributed by atoms with Gasteiger partial charge in [0.1, 0.15) is 0 Å². The molecule has 0 aliphatic carbocycles. The summed E-state index contributed by atoms with van der Waals surface area (Å²) in [5, 5.41) is 3.25. The Morgan fingerprint density at radius 1 is 1.31 bits per heavy atom. The van der Waals surface area contributed by atoms with Crippen molar-refractivity contribution in [1.82, 2.24) is 4.98 Å². The molecule has 16 heavy (non-hydrogen) atoms. The fourth-order valence-electron chi connectivity index (χ4n) is 1.35. The van der Waals surface area contributed by atoms with Crippen LogP contribution in [0.25, 0.3) is 0 Å². The van der Waals surface area contributed by atoms with E-state index in [-0.39, 0.29) is 0 Å². The number of pyridine rings is 1. The van der Waals surface area contributed by atoms with Crippen LogP contribution < -0.4 is 11.1 Å². The van der Waals surface area contributed by atoms with E-state index >= 15 is 0 Å². The molecule has 2 aromatic rings. The van der Waals surface area contributed by atoms with Gasteiger partial charge in [0.05, 0.1) is 17.6 Å². The first-order valence-corrected chi connectivity index (χ1v) is 5.69. The van der Waals surface area contributed by atoms with Gasteiger partial charge in [-0.25, -0.2) is 0 Å². The van der Waals surface area contributed by atoms with Gasteiger partial charge in [-0.05, 0) is 30.7 Å². The minimum atomic E-state index is 0.638. The van der Waals surface area contributed by atoms with E-state index in [1.807, 2.05) is 24.3 Å². The Kier molecular flexibility index (Phi) is 3.10. The van der Waals surface area contributed by atoms with Gasteiger partial charge in [0.25, 0.3) is 0 Å². The van der Waals surface area contributed by atoms with Crippen molar-refractivity contribution in [3.05, 3.63) is 46.7 Å². The highest BCUT2D eigenvalue weighted by atomic mass is 79.9. The molecule has 3 N–H and O–H groups in total. The average molecular weight is 278 g/mol. The molecule has 0 aliphatic rings. The van der Waals surface area contributed by atoms with Crippen LogP contribution in [0.1, 0.15) is 5.56 Å². The van der Waals surface area contributed by atoms with E-state index < -0.39 is 0 Å². The molecule has 0 atom stereocenters. The number of halogens is 1. The second-order valence-corrected chi connectivity index (χ2v) is 4.41. The number of aromatic nitrogens is 1. The normalized spacial score (nSPS) is 10.1. The zero-order chi connectivity index (χ0) is 11.5. The smallest absolute Gasteiger partial charge is 0.0739 e. The first-order valence-electron chi connectivity index (χ1n) is 4.89. The number of hydrogen-bond donors (Lipinski definition) is 2. The van der Waals surface area contributed by atoms with E-state index in [1.165, 1.54) is 5.56 Å². The highest BCUT2D eigenvalue weighted by Gasteiger charge is 2.00. The van der Waals surface area contributed by atoms with Gasteiger partial charge < -0.3 is 11.1 Å². The average Bonchev–Trinajstić information content (AvgIpc) is 2.27. The van der Waals surface area contributed by atoms with Crippen LogP contribution in [0.3, 0.4) is 0 Å². The van der Waals surface area contributed by atoms with Crippen LogP contribution in [0.5, 0.6) is 0 Å². The summed E-state index contributed by atoms with van der Waals surface area (Å²) < 4.78 is 1.07. The van der Waals surface area contributed by atoms with Gasteiger partial charge in [-0.15, -0.1) is 0 Å². The standard InChI is InChI=1S/C12H12BrN3/c1-8-2-3-9(6-10(8)13)16-12-4-5-15-7-11(12)14/h2-7H,14H2,1H3,(H,15,16). The van der Waals surface area contributed by atoms with Crippen LogP contribution in [0.4, 0.5) is 17.1 Å². The summed E-state index contributed by atoms with van der Waals surface area (Å²) in [7, 11) is 0. The fraction of sp³-hybridized carbons (Fsp3) is 0.0833. The minimum Gasteiger partial charge on any atom is -0.396 e. The predicted molar refractivity (Wildman–Crippen MR) is 70.8 cm³/mol. The van der Waals surface area contributed by atoms with Crippen molar-refractivity contribution in [1.29, 1.82) is 0 Å². The number of nitrogens with two attached hydrogens (primary N) is 1. The second-order valence-electron chi connectivity index (χ2n) is 3.55. The van der Waals surface area contributed by atoms with Gasteiger partial charge in [0.15, 0.2) is 0 Å². The van der Waals surface area contributed by atoms with Crippen LogP contribution in [0.15, 0.2) is 41.1 Å². The molecule has 0 saturated heterocycles. The summed E-state index contributed by atoms with van der Waals surface area (Å²) in [5.74, 6) is 0. The minimum absolute atomic E-state index is 0.638. The number of benzene rings is 1. The highest BCUT2D eigenvalue weighted by Crippen LogP contribution is 2.25. The molecule has 1 heterocycles. The van der Waals surface area contributed by atoms with Crippen LogP contribution in [0.2, 0.25) is 0 Å². The molecule has 0 saturated carbocycles. The number of nitrogens with one attached hydrogen (secondary N) is 1. The lowest BCUT2D eigenvalue weighted by Crippen LogP contribution is -1.96. The first-order chi connectivity index (χ1) is 7.66. The van der Waals surface area contributed by atoms with Gasteiger partial charge in [0.2, 0.25) is 0 Å². The van der Waals surface area contributed by atoms with Crippen molar-refractivity contribution < 1.29 is 0 Å². The molecule has 4 heteroatoms.